The summed E-state index contributed by atoms with van der Waals surface area (Å²) in [7, 11) is 0. The van der Waals surface area contributed by atoms with Crippen molar-refractivity contribution in [2.75, 3.05) is 0 Å². The molecule has 120 valence electrons. The van der Waals surface area contributed by atoms with Gasteiger partial charge in [-0.05, 0) is 24.3 Å². The molecule has 5 heteroatoms. The summed E-state index contributed by atoms with van der Waals surface area (Å²) in [5.41, 5.74) is 1.40. The third-order valence-electron chi connectivity index (χ3n) is 3.59. The number of hydrogen-bond acceptors (Lipinski definition) is 4. The number of aromatic nitrogens is 2. The van der Waals surface area contributed by atoms with Gasteiger partial charge in [-0.2, -0.15) is 5.26 Å². The smallest absolute Gasteiger partial charge is 0.187 e. The zero-order valence-corrected chi connectivity index (χ0v) is 13.4. The van der Waals surface area contributed by atoms with Crippen molar-refractivity contribution >= 4 is 11.7 Å². The maximum atomic E-state index is 11.9. The van der Waals surface area contributed by atoms with Gasteiger partial charge in [0.2, 0.25) is 0 Å². The minimum atomic E-state index is -0.206. The van der Waals surface area contributed by atoms with Crippen LogP contribution in [0.1, 0.15) is 50.3 Å². The molecule has 0 bridgehead atoms. The molecule has 1 heterocycles. The molecule has 0 saturated carbocycles. The first-order valence-corrected chi connectivity index (χ1v) is 7.98. The normalized spacial score (nSPS) is 11.4. The third-order valence-corrected chi connectivity index (χ3v) is 3.59. The lowest BCUT2D eigenvalue weighted by Gasteiger charge is -2.09. The van der Waals surface area contributed by atoms with E-state index in [0.29, 0.717) is 18.7 Å². The summed E-state index contributed by atoms with van der Waals surface area (Å²) in [4.78, 5) is 8.12. The average molecular weight is 309 g/mol. The van der Waals surface area contributed by atoms with E-state index in [9.17, 15) is 10.4 Å². The number of unbranched alkanes of at least 4 members (excludes halogenated alkanes) is 3. The summed E-state index contributed by atoms with van der Waals surface area (Å²) in [6.07, 6.45) is 6.11. The van der Waals surface area contributed by atoms with E-state index in [-0.39, 0.29) is 11.7 Å². The summed E-state index contributed by atoms with van der Waals surface area (Å²) >= 11 is 0. The second kappa shape index (κ2) is 8.74. The Morgan fingerprint density at radius 3 is 2.74 bits per heavy atom. The van der Waals surface area contributed by atoms with Gasteiger partial charge in [-0.1, -0.05) is 56.5 Å². The summed E-state index contributed by atoms with van der Waals surface area (Å²) in [6, 6.07) is 11.9. The van der Waals surface area contributed by atoms with Crippen LogP contribution in [0.15, 0.2) is 41.7 Å². The molecule has 0 aliphatic rings. The van der Waals surface area contributed by atoms with Crippen LogP contribution in [0.25, 0.3) is 0 Å². The molecule has 0 unspecified atom stereocenters. The Kier molecular flexibility index (Phi) is 6.37. The van der Waals surface area contributed by atoms with Gasteiger partial charge in [0.25, 0.3) is 0 Å². The molecule has 1 aromatic carbocycles. The fourth-order valence-corrected chi connectivity index (χ4v) is 2.34. The van der Waals surface area contributed by atoms with E-state index in [4.69, 9.17) is 0 Å². The molecule has 2 rings (SSSR count). The highest BCUT2D eigenvalue weighted by Gasteiger charge is 2.09. The number of nitrogens with zero attached hydrogens (tertiary/aromatic N) is 4. The first kappa shape index (κ1) is 16.8. The number of imidazole rings is 1. The Hall–Kier alpha value is -2.61. The molecule has 0 fully saturated rings. The molecule has 23 heavy (non-hydrogen) atoms. The highest BCUT2D eigenvalue weighted by molar-refractivity contribution is 5.75. The first-order valence-electron chi connectivity index (χ1n) is 7.98. The lowest BCUT2D eigenvalue weighted by Crippen LogP contribution is -2.16. The topological polar surface area (TPSA) is 77.0 Å². The minimum Gasteiger partial charge on any atom is -0.862 e. The fourth-order valence-electron chi connectivity index (χ4n) is 2.34. The van der Waals surface area contributed by atoms with E-state index >= 15 is 0 Å². The molecule has 0 amide bonds. The maximum absolute atomic E-state index is 11.9. The van der Waals surface area contributed by atoms with E-state index in [1.807, 2.05) is 30.3 Å². The maximum Gasteiger partial charge on any atom is 0.187 e. The van der Waals surface area contributed by atoms with Gasteiger partial charge in [-0.3, -0.25) is 0 Å². The van der Waals surface area contributed by atoms with Crippen molar-refractivity contribution in [3.63, 3.8) is 0 Å². The van der Waals surface area contributed by atoms with Gasteiger partial charge in [0.1, 0.15) is 6.07 Å². The Labute approximate surface area is 136 Å². The Balaban J connectivity index is 2.07. The number of rotatable bonds is 8. The van der Waals surface area contributed by atoms with Crippen LogP contribution < -0.4 is 5.11 Å². The lowest BCUT2D eigenvalue weighted by molar-refractivity contribution is -0.218. The van der Waals surface area contributed by atoms with Crippen LogP contribution in [-0.2, 0) is 6.54 Å². The molecule has 0 aliphatic heterocycles. The zero-order chi connectivity index (χ0) is 16.5. The van der Waals surface area contributed by atoms with Gasteiger partial charge in [-0.15, -0.1) is 0 Å². The molecule has 1 aromatic heterocycles. The van der Waals surface area contributed by atoms with Crippen molar-refractivity contribution in [2.24, 2.45) is 4.99 Å². The van der Waals surface area contributed by atoms with E-state index in [0.717, 1.165) is 31.2 Å². The second-order valence-electron chi connectivity index (χ2n) is 5.46. The van der Waals surface area contributed by atoms with Gasteiger partial charge < -0.3 is 9.67 Å². The quantitative estimate of drug-likeness (QED) is 0.427. The van der Waals surface area contributed by atoms with Crippen LogP contribution in [-0.4, -0.2) is 15.4 Å². The van der Waals surface area contributed by atoms with Crippen LogP contribution in [0.4, 0.5) is 5.82 Å². The Morgan fingerprint density at radius 2 is 2.04 bits per heavy atom. The van der Waals surface area contributed by atoms with Crippen LogP contribution >= 0.6 is 0 Å². The predicted molar refractivity (Wildman–Crippen MR) is 88.3 cm³/mol. The lowest BCUT2D eigenvalue weighted by atomic mass is 10.1. The van der Waals surface area contributed by atoms with Gasteiger partial charge in [0.05, 0.1) is 6.33 Å². The predicted octanol–water partition coefficient (Wildman–Crippen LogP) is 3.16. The van der Waals surface area contributed by atoms with Crippen molar-refractivity contribution in [3.05, 3.63) is 47.9 Å². The average Bonchev–Trinajstić information content (AvgIpc) is 2.94. The van der Waals surface area contributed by atoms with Gasteiger partial charge >= 0.3 is 0 Å². The van der Waals surface area contributed by atoms with Crippen molar-refractivity contribution in [2.45, 2.75) is 45.6 Å². The van der Waals surface area contributed by atoms with E-state index < -0.39 is 0 Å². The third kappa shape index (κ3) is 4.96. The largest absolute Gasteiger partial charge is 0.862 e. The van der Waals surface area contributed by atoms with Crippen molar-refractivity contribution in [1.29, 1.82) is 5.26 Å². The fraction of sp³-hybridized carbons (Fsp3) is 0.389. The molecule has 0 atom stereocenters. The van der Waals surface area contributed by atoms with E-state index in [1.165, 1.54) is 0 Å². The SMILES string of the molecule is CCCCCC/C([O-])=N\c1ncn(Cc2ccccc2)c1C#N. The molecule has 0 radical (unpaired) electrons. The summed E-state index contributed by atoms with van der Waals surface area (Å²) < 4.78 is 1.72. The van der Waals surface area contributed by atoms with Crippen LogP contribution in [0, 0.1) is 11.3 Å². The van der Waals surface area contributed by atoms with Crippen LogP contribution in [0.3, 0.4) is 0 Å². The number of aliphatic imine (C=N–C) groups is 1. The van der Waals surface area contributed by atoms with E-state index in [2.05, 4.69) is 23.0 Å². The molecule has 0 aliphatic carbocycles. The van der Waals surface area contributed by atoms with Gasteiger partial charge in [-0.25, -0.2) is 9.98 Å². The zero-order valence-electron chi connectivity index (χ0n) is 13.4. The summed E-state index contributed by atoms with van der Waals surface area (Å²) in [5, 5.41) is 21.2. The van der Waals surface area contributed by atoms with Crippen molar-refractivity contribution < 1.29 is 5.11 Å². The molecule has 5 nitrogen and oxygen atoms in total. The molecule has 0 saturated heterocycles. The molecule has 2 aromatic rings. The van der Waals surface area contributed by atoms with E-state index in [1.54, 1.807) is 10.9 Å². The van der Waals surface area contributed by atoms with Crippen LogP contribution in [0.5, 0.6) is 0 Å². The minimum absolute atomic E-state index is 0.206. The highest BCUT2D eigenvalue weighted by atomic mass is 16.3. The Morgan fingerprint density at radius 1 is 1.26 bits per heavy atom. The summed E-state index contributed by atoms with van der Waals surface area (Å²) in [6.45, 7) is 2.67. The standard InChI is InChI=1S/C18H22N4O/c1-2-3-4-8-11-17(23)21-18-16(12-19)22(14-20-18)13-15-9-6-5-7-10-15/h5-7,9-10,14H,2-4,8,11,13H2,1H3,(H,21,23)/p-1. The summed E-state index contributed by atoms with van der Waals surface area (Å²) in [5.74, 6) is 0.0199. The molecular weight excluding hydrogens is 288 g/mol. The molecular formula is C18H21N4O-. The molecule has 0 spiro atoms. The van der Waals surface area contributed by atoms with Gasteiger partial charge in [0, 0.05) is 6.54 Å². The van der Waals surface area contributed by atoms with Gasteiger partial charge in [0.15, 0.2) is 11.5 Å². The van der Waals surface area contributed by atoms with Crippen molar-refractivity contribution in [3.8, 4) is 6.07 Å². The number of nitriles is 1. The highest BCUT2D eigenvalue weighted by Crippen LogP contribution is 2.18. The second-order valence-corrected chi connectivity index (χ2v) is 5.46. The number of hydrogen-bond donors (Lipinski definition) is 0. The Bertz CT molecular complexity index is 683. The monoisotopic (exact) mass is 309 g/mol. The van der Waals surface area contributed by atoms with Crippen molar-refractivity contribution in [1.82, 2.24) is 9.55 Å². The first-order chi connectivity index (χ1) is 11.2. The number of benzene rings is 1. The van der Waals surface area contributed by atoms with Crippen LogP contribution in [0.2, 0.25) is 0 Å². The molecule has 0 N–H and O–H groups in total.